The molecule has 0 saturated carbocycles. The predicted octanol–water partition coefficient (Wildman–Crippen LogP) is 15.1. The van der Waals surface area contributed by atoms with E-state index < -0.39 is 6.10 Å². The van der Waals surface area contributed by atoms with Gasteiger partial charge in [0.15, 0.2) is 6.10 Å². The van der Waals surface area contributed by atoms with Crippen LogP contribution >= 0.6 is 0 Å². The summed E-state index contributed by atoms with van der Waals surface area (Å²) in [6.45, 7) is 6.45. The Balaban J connectivity index is 4.40. The average Bonchev–Trinajstić information content (AvgIpc) is 3.19. The van der Waals surface area contributed by atoms with E-state index in [2.05, 4.69) is 69.4 Å². The molecule has 0 heterocycles. The molecule has 0 aliphatic rings. The predicted molar refractivity (Wildman–Crippen MR) is 238 cm³/mol. The van der Waals surface area contributed by atoms with Crippen molar-refractivity contribution in [2.45, 2.75) is 239 Å². The van der Waals surface area contributed by atoms with Crippen molar-refractivity contribution >= 4 is 17.9 Å². The summed E-state index contributed by atoms with van der Waals surface area (Å²) in [6, 6.07) is 0. The molecule has 0 N–H and O–H groups in total. The van der Waals surface area contributed by atoms with Crippen LogP contribution in [0.2, 0.25) is 0 Å². The molecule has 0 fully saturated rings. The van der Waals surface area contributed by atoms with Gasteiger partial charge in [0.2, 0.25) is 0 Å². The minimum atomic E-state index is -0.782. The van der Waals surface area contributed by atoms with Crippen LogP contribution in [0.5, 0.6) is 0 Å². The maximum Gasteiger partial charge on any atom is 0.306 e. The van der Waals surface area contributed by atoms with Gasteiger partial charge in [-0.2, -0.15) is 0 Å². The summed E-state index contributed by atoms with van der Waals surface area (Å²) in [5.41, 5.74) is 0. The summed E-state index contributed by atoms with van der Waals surface area (Å²) < 4.78 is 16.7. The second kappa shape index (κ2) is 45.1. The first-order chi connectivity index (χ1) is 27.5. The van der Waals surface area contributed by atoms with Gasteiger partial charge in [-0.25, -0.2) is 0 Å². The van der Waals surface area contributed by atoms with Gasteiger partial charge in [0.05, 0.1) is 0 Å². The number of rotatable bonds is 42. The molecule has 0 aliphatic heterocycles. The van der Waals surface area contributed by atoms with E-state index in [0.29, 0.717) is 19.3 Å². The number of carbonyl (C=O) groups is 3. The van der Waals surface area contributed by atoms with E-state index in [1.807, 2.05) is 0 Å². The van der Waals surface area contributed by atoms with Crippen molar-refractivity contribution in [3.63, 3.8) is 0 Å². The molecule has 56 heavy (non-hydrogen) atoms. The highest BCUT2D eigenvalue weighted by atomic mass is 16.6. The van der Waals surface area contributed by atoms with Gasteiger partial charge in [-0.05, 0) is 70.6 Å². The number of carbonyl (C=O) groups excluding carboxylic acids is 3. The Morgan fingerprint density at radius 1 is 0.375 bits per heavy atom. The summed E-state index contributed by atoms with van der Waals surface area (Å²) in [5, 5.41) is 0. The van der Waals surface area contributed by atoms with Crippen LogP contribution in [0, 0.1) is 0 Å². The molecule has 6 nitrogen and oxygen atoms in total. The van der Waals surface area contributed by atoms with E-state index in [0.717, 1.165) is 109 Å². The van der Waals surface area contributed by atoms with Gasteiger partial charge in [0.25, 0.3) is 0 Å². The number of unbranched alkanes of at least 4 members (excludes halogenated alkanes) is 23. The fourth-order valence-electron chi connectivity index (χ4n) is 6.50. The Morgan fingerprint density at radius 2 is 0.714 bits per heavy atom. The molecule has 0 aromatic heterocycles. The summed E-state index contributed by atoms with van der Waals surface area (Å²) in [5.74, 6) is -0.918. The molecular formula is C50H88O6. The molecule has 6 heteroatoms. The van der Waals surface area contributed by atoms with Crippen molar-refractivity contribution in [1.82, 2.24) is 0 Å². The van der Waals surface area contributed by atoms with Crippen LogP contribution in [0.3, 0.4) is 0 Å². The minimum absolute atomic E-state index is 0.0850. The van der Waals surface area contributed by atoms with Crippen LogP contribution in [0.25, 0.3) is 0 Å². The lowest BCUT2D eigenvalue weighted by Gasteiger charge is -2.18. The summed E-state index contributed by atoms with van der Waals surface area (Å²) in [6.07, 6.45) is 52.4. The van der Waals surface area contributed by atoms with E-state index in [4.69, 9.17) is 14.2 Å². The van der Waals surface area contributed by atoms with Crippen molar-refractivity contribution < 1.29 is 28.6 Å². The van der Waals surface area contributed by atoms with Crippen LogP contribution in [0.4, 0.5) is 0 Å². The van der Waals surface area contributed by atoms with Gasteiger partial charge in [0, 0.05) is 19.3 Å². The zero-order chi connectivity index (χ0) is 40.8. The minimum Gasteiger partial charge on any atom is -0.462 e. The van der Waals surface area contributed by atoms with E-state index in [-0.39, 0.29) is 31.1 Å². The number of hydrogen-bond donors (Lipinski definition) is 0. The first kappa shape index (κ1) is 53.4. The van der Waals surface area contributed by atoms with Gasteiger partial charge >= 0.3 is 17.9 Å². The molecule has 0 spiro atoms. The molecule has 0 saturated heterocycles. The molecule has 1 unspecified atom stereocenters. The van der Waals surface area contributed by atoms with Crippen LogP contribution < -0.4 is 0 Å². The Labute approximate surface area is 346 Å². The first-order valence-corrected chi connectivity index (χ1v) is 23.6. The van der Waals surface area contributed by atoms with Crippen molar-refractivity contribution in [2.24, 2.45) is 0 Å². The number of ether oxygens (including phenoxy) is 3. The third kappa shape index (κ3) is 42.5. The maximum atomic E-state index is 12.7. The first-order valence-electron chi connectivity index (χ1n) is 23.6. The Morgan fingerprint density at radius 3 is 1.16 bits per heavy atom. The highest BCUT2D eigenvalue weighted by Crippen LogP contribution is 2.15. The quantitative estimate of drug-likeness (QED) is 0.0265. The van der Waals surface area contributed by atoms with E-state index >= 15 is 0 Å². The maximum absolute atomic E-state index is 12.7. The third-order valence-electron chi connectivity index (χ3n) is 10.1. The van der Waals surface area contributed by atoms with Gasteiger partial charge < -0.3 is 14.2 Å². The zero-order valence-corrected chi connectivity index (χ0v) is 36.9. The van der Waals surface area contributed by atoms with Crippen molar-refractivity contribution in [3.05, 3.63) is 48.6 Å². The normalized spacial score (nSPS) is 12.4. The molecule has 0 aliphatic carbocycles. The zero-order valence-electron chi connectivity index (χ0n) is 36.9. The highest BCUT2D eigenvalue weighted by molar-refractivity contribution is 5.71. The Kier molecular flexibility index (Phi) is 43.0. The molecule has 0 aromatic rings. The fraction of sp³-hybridized carbons (Fsp3) is 0.780. The van der Waals surface area contributed by atoms with Crippen molar-refractivity contribution in [2.75, 3.05) is 13.2 Å². The molecule has 324 valence electrons. The monoisotopic (exact) mass is 785 g/mol. The van der Waals surface area contributed by atoms with Crippen LogP contribution in [-0.4, -0.2) is 37.2 Å². The lowest BCUT2D eigenvalue weighted by Crippen LogP contribution is -2.30. The molecular weight excluding hydrogens is 697 g/mol. The topological polar surface area (TPSA) is 78.9 Å². The largest absolute Gasteiger partial charge is 0.462 e. The highest BCUT2D eigenvalue weighted by Gasteiger charge is 2.19. The lowest BCUT2D eigenvalue weighted by molar-refractivity contribution is -0.167. The second-order valence-corrected chi connectivity index (χ2v) is 15.6. The van der Waals surface area contributed by atoms with Crippen LogP contribution in [0.15, 0.2) is 48.6 Å². The SMILES string of the molecule is CC/C=C\C/C=C\C/C=C\CCCCCCC(=O)OCC(COC(=O)CCCCCC/C=C\CCCC)OC(=O)CCCCCCCCCCCCCCCC. The molecule has 0 rings (SSSR count). The Hall–Kier alpha value is -2.63. The van der Waals surface area contributed by atoms with E-state index in [1.54, 1.807) is 0 Å². The summed E-state index contributed by atoms with van der Waals surface area (Å²) in [7, 11) is 0. The van der Waals surface area contributed by atoms with E-state index in [9.17, 15) is 14.4 Å². The van der Waals surface area contributed by atoms with Gasteiger partial charge in [-0.15, -0.1) is 0 Å². The summed E-state index contributed by atoms with van der Waals surface area (Å²) in [4.78, 5) is 37.8. The number of allylic oxidation sites excluding steroid dienone is 8. The van der Waals surface area contributed by atoms with Crippen molar-refractivity contribution in [1.29, 1.82) is 0 Å². The fourth-order valence-corrected chi connectivity index (χ4v) is 6.50. The lowest BCUT2D eigenvalue weighted by atomic mass is 10.0. The standard InChI is InChI=1S/C50H88O6/c1-4-7-10-13-16-19-22-24-26-28-31-34-37-40-43-49(52)55-46-47(45-54-48(51)42-39-36-33-30-21-18-15-12-9-6-3)56-50(53)44-41-38-35-32-29-27-25-23-20-17-14-11-8-5-2/h7,10,15-16,18-19,24,26,47H,4-6,8-9,11-14,17,20-23,25,27-46H2,1-3H3/b10-7-,18-15-,19-16-,26-24-. The number of esters is 3. The molecule has 0 bridgehead atoms. The molecule has 0 radical (unpaired) electrons. The Bertz CT molecular complexity index is 996. The van der Waals surface area contributed by atoms with E-state index in [1.165, 1.54) is 83.5 Å². The smallest absolute Gasteiger partial charge is 0.306 e. The second-order valence-electron chi connectivity index (χ2n) is 15.6. The van der Waals surface area contributed by atoms with Crippen LogP contribution in [-0.2, 0) is 28.6 Å². The summed E-state index contributed by atoms with van der Waals surface area (Å²) >= 11 is 0. The average molecular weight is 785 g/mol. The third-order valence-corrected chi connectivity index (χ3v) is 10.1. The van der Waals surface area contributed by atoms with Crippen LogP contribution in [0.1, 0.15) is 233 Å². The number of hydrogen-bond acceptors (Lipinski definition) is 6. The van der Waals surface area contributed by atoms with Gasteiger partial charge in [0.1, 0.15) is 13.2 Å². The van der Waals surface area contributed by atoms with Crippen molar-refractivity contribution in [3.8, 4) is 0 Å². The molecule has 0 amide bonds. The molecule has 0 aromatic carbocycles. The van der Waals surface area contributed by atoms with Gasteiger partial charge in [-0.1, -0.05) is 191 Å². The van der Waals surface area contributed by atoms with Gasteiger partial charge in [-0.3, -0.25) is 14.4 Å². The molecule has 1 atom stereocenters.